The standard InChI is InChI=1S/C12H22N2O4S/c1-12(2,10(13)11(16)17)19-7-9(15)14-6-8-4-3-5-18-8/h8,10H,3-7,13H2,1-2H3,(H,14,15)(H,16,17)/t8?,10-/m0/s1. The van der Waals surface area contributed by atoms with E-state index in [1.807, 2.05) is 0 Å². The van der Waals surface area contributed by atoms with Crippen LogP contribution in [0.1, 0.15) is 26.7 Å². The lowest BCUT2D eigenvalue weighted by Crippen LogP contribution is -2.47. The summed E-state index contributed by atoms with van der Waals surface area (Å²) in [5.74, 6) is -0.982. The minimum atomic E-state index is -1.06. The number of carbonyl (C=O) groups is 2. The second kappa shape index (κ2) is 7.12. The Hall–Kier alpha value is -0.790. The van der Waals surface area contributed by atoms with E-state index in [1.54, 1.807) is 13.8 Å². The number of rotatable bonds is 7. The van der Waals surface area contributed by atoms with Crippen LogP contribution in [0.25, 0.3) is 0 Å². The van der Waals surface area contributed by atoms with Gasteiger partial charge in [-0.2, -0.15) is 0 Å². The van der Waals surface area contributed by atoms with E-state index in [0.717, 1.165) is 19.4 Å². The lowest BCUT2D eigenvalue weighted by Gasteiger charge is -2.27. The van der Waals surface area contributed by atoms with E-state index in [2.05, 4.69) is 5.32 Å². The molecule has 0 aromatic rings. The number of hydrogen-bond acceptors (Lipinski definition) is 5. The van der Waals surface area contributed by atoms with E-state index >= 15 is 0 Å². The number of carboxylic acids is 1. The molecule has 2 atom stereocenters. The average molecular weight is 290 g/mol. The van der Waals surface area contributed by atoms with Crippen molar-refractivity contribution in [3.8, 4) is 0 Å². The molecule has 0 aliphatic carbocycles. The molecule has 0 spiro atoms. The zero-order valence-electron chi connectivity index (χ0n) is 11.3. The number of thioether (sulfide) groups is 1. The summed E-state index contributed by atoms with van der Waals surface area (Å²) in [6.07, 6.45) is 2.13. The van der Waals surface area contributed by atoms with Gasteiger partial charge < -0.3 is 20.9 Å². The summed E-state index contributed by atoms with van der Waals surface area (Å²) in [4.78, 5) is 22.5. The third-order valence-electron chi connectivity index (χ3n) is 3.14. The van der Waals surface area contributed by atoms with Crippen molar-refractivity contribution in [2.24, 2.45) is 5.73 Å². The second-order valence-electron chi connectivity index (χ2n) is 5.15. The minimum absolute atomic E-state index is 0.114. The predicted octanol–water partition coefficient (Wildman–Crippen LogP) is 0.205. The molecule has 110 valence electrons. The third-order valence-corrected chi connectivity index (χ3v) is 4.55. The Labute approximate surface area is 117 Å². The molecule has 1 heterocycles. The molecule has 0 aromatic carbocycles. The maximum Gasteiger partial charge on any atom is 0.321 e. The first-order valence-electron chi connectivity index (χ1n) is 6.33. The van der Waals surface area contributed by atoms with Crippen molar-refractivity contribution in [1.82, 2.24) is 5.32 Å². The number of ether oxygens (including phenoxy) is 1. The summed E-state index contributed by atoms with van der Waals surface area (Å²) in [7, 11) is 0. The predicted molar refractivity (Wildman–Crippen MR) is 74.1 cm³/mol. The number of aliphatic carboxylic acids is 1. The van der Waals surface area contributed by atoms with Crippen LogP contribution in [0.15, 0.2) is 0 Å². The van der Waals surface area contributed by atoms with Crippen LogP contribution in [0.4, 0.5) is 0 Å². The molecule has 1 aliphatic rings. The molecule has 4 N–H and O–H groups in total. The molecule has 1 aliphatic heterocycles. The van der Waals surface area contributed by atoms with Crippen molar-refractivity contribution in [2.45, 2.75) is 43.6 Å². The molecule has 19 heavy (non-hydrogen) atoms. The first-order valence-corrected chi connectivity index (χ1v) is 7.32. The first kappa shape index (κ1) is 16.3. The molecular weight excluding hydrogens is 268 g/mol. The van der Waals surface area contributed by atoms with Crippen molar-refractivity contribution >= 4 is 23.6 Å². The van der Waals surface area contributed by atoms with Gasteiger partial charge in [0.25, 0.3) is 0 Å². The molecular formula is C12H22N2O4S. The Bertz CT molecular complexity index is 330. The van der Waals surface area contributed by atoms with Crippen LogP contribution in [-0.4, -0.2) is 52.8 Å². The highest BCUT2D eigenvalue weighted by atomic mass is 32.2. The summed E-state index contributed by atoms with van der Waals surface area (Å²) in [5, 5.41) is 11.7. The van der Waals surface area contributed by atoms with Crippen LogP contribution < -0.4 is 11.1 Å². The van der Waals surface area contributed by atoms with E-state index in [1.165, 1.54) is 11.8 Å². The summed E-state index contributed by atoms with van der Waals surface area (Å²) >= 11 is 1.25. The highest BCUT2D eigenvalue weighted by molar-refractivity contribution is 8.01. The van der Waals surface area contributed by atoms with Gasteiger partial charge in [-0.05, 0) is 26.7 Å². The Kier molecular flexibility index (Phi) is 6.09. The molecule has 0 bridgehead atoms. The summed E-state index contributed by atoms with van der Waals surface area (Å²) in [6, 6.07) is -0.997. The molecule has 0 radical (unpaired) electrons. The largest absolute Gasteiger partial charge is 0.480 e. The number of amides is 1. The van der Waals surface area contributed by atoms with Gasteiger partial charge in [0.1, 0.15) is 6.04 Å². The number of hydrogen-bond donors (Lipinski definition) is 3. The van der Waals surface area contributed by atoms with Crippen LogP contribution in [0.2, 0.25) is 0 Å². The van der Waals surface area contributed by atoms with Gasteiger partial charge in [0.15, 0.2) is 0 Å². The fourth-order valence-electron chi connectivity index (χ4n) is 1.72. The fourth-order valence-corrected chi connectivity index (χ4v) is 2.61. The monoisotopic (exact) mass is 290 g/mol. The number of carbonyl (C=O) groups excluding carboxylic acids is 1. The van der Waals surface area contributed by atoms with Gasteiger partial charge in [0.2, 0.25) is 5.91 Å². The zero-order valence-corrected chi connectivity index (χ0v) is 12.2. The molecule has 1 saturated heterocycles. The normalized spacial score (nSPS) is 21.1. The molecule has 1 rings (SSSR count). The Morgan fingerprint density at radius 3 is 2.79 bits per heavy atom. The molecule has 6 nitrogen and oxygen atoms in total. The highest BCUT2D eigenvalue weighted by Crippen LogP contribution is 2.27. The summed E-state index contributed by atoms with van der Waals surface area (Å²) in [5.41, 5.74) is 5.58. The summed E-state index contributed by atoms with van der Waals surface area (Å²) in [6.45, 7) is 4.73. The van der Waals surface area contributed by atoms with Gasteiger partial charge in [-0.25, -0.2) is 0 Å². The highest BCUT2D eigenvalue weighted by Gasteiger charge is 2.33. The SMILES string of the molecule is CC(C)(SCC(=O)NCC1CCCO1)[C@@H](N)C(=O)O. The van der Waals surface area contributed by atoms with Gasteiger partial charge in [-0.3, -0.25) is 9.59 Å². The summed E-state index contributed by atoms with van der Waals surface area (Å²) < 4.78 is 4.71. The topological polar surface area (TPSA) is 102 Å². The van der Waals surface area contributed by atoms with Crippen molar-refractivity contribution in [3.05, 3.63) is 0 Å². The number of nitrogens with two attached hydrogens (primary N) is 1. The fraction of sp³-hybridized carbons (Fsp3) is 0.833. The smallest absolute Gasteiger partial charge is 0.321 e. The van der Waals surface area contributed by atoms with Crippen molar-refractivity contribution in [2.75, 3.05) is 18.9 Å². The van der Waals surface area contributed by atoms with Crippen LogP contribution in [-0.2, 0) is 14.3 Å². The Morgan fingerprint density at radius 2 is 2.26 bits per heavy atom. The minimum Gasteiger partial charge on any atom is -0.480 e. The molecule has 7 heteroatoms. The number of carboxylic acid groups (broad SMARTS) is 1. The Morgan fingerprint density at radius 1 is 1.58 bits per heavy atom. The van der Waals surface area contributed by atoms with E-state index in [9.17, 15) is 9.59 Å². The molecule has 1 amide bonds. The van der Waals surface area contributed by atoms with Crippen molar-refractivity contribution < 1.29 is 19.4 Å². The second-order valence-corrected chi connectivity index (χ2v) is 6.78. The van der Waals surface area contributed by atoms with Crippen LogP contribution >= 0.6 is 11.8 Å². The van der Waals surface area contributed by atoms with E-state index in [4.69, 9.17) is 15.6 Å². The quantitative estimate of drug-likeness (QED) is 0.619. The molecule has 1 unspecified atom stereocenters. The average Bonchev–Trinajstić information content (AvgIpc) is 2.86. The van der Waals surface area contributed by atoms with Gasteiger partial charge in [-0.15, -0.1) is 11.8 Å². The van der Waals surface area contributed by atoms with Crippen molar-refractivity contribution in [1.29, 1.82) is 0 Å². The van der Waals surface area contributed by atoms with E-state index in [-0.39, 0.29) is 17.8 Å². The molecule has 1 fully saturated rings. The van der Waals surface area contributed by atoms with Crippen LogP contribution in [0.5, 0.6) is 0 Å². The lowest BCUT2D eigenvalue weighted by molar-refractivity contribution is -0.139. The van der Waals surface area contributed by atoms with E-state index in [0.29, 0.717) is 6.54 Å². The van der Waals surface area contributed by atoms with Crippen LogP contribution in [0, 0.1) is 0 Å². The Balaban J connectivity index is 2.26. The van der Waals surface area contributed by atoms with Gasteiger partial charge >= 0.3 is 5.97 Å². The van der Waals surface area contributed by atoms with Gasteiger partial charge in [0.05, 0.1) is 11.9 Å². The third kappa shape index (κ3) is 5.38. The van der Waals surface area contributed by atoms with Gasteiger partial charge in [0, 0.05) is 17.9 Å². The lowest BCUT2D eigenvalue weighted by atomic mass is 10.1. The maximum absolute atomic E-state index is 11.7. The maximum atomic E-state index is 11.7. The molecule has 0 saturated carbocycles. The zero-order chi connectivity index (χ0) is 14.5. The number of nitrogens with one attached hydrogen (secondary N) is 1. The van der Waals surface area contributed by atoms with Gasteiger partial charge in [-0.1, -0.05) is 0 Å². The van der Waals surface area contributed by atoms with Crippen molar-refractivity contribution in [3.63, 3.8) is 0 Å². The molecule has 0 aromatic heterocycles. The van der Waals surface area contributed by atoms with Crippen LogP contribution in [0.3, 0.4) is 0 Å². The van der Waals surface area contributed by atoms with E-state index < -0.39 is 16.8 Å². The first-order chi connectivity index (χ1) is 8.83.